The molecule has 1 unspecified atom stereocenters. The van der Waals surface area contributed by atoms with Crippen LogP contribution in [0, 0.1) is 10.8 Å². The lowest BCUT2D eigenvalue weighted by molar-refractivity contribution is -0.120. The third-order valence-corrected chi connectivity index (χ3v) is 3.38. The van der Waals surface area contributed by atoms with Gasteiger partial charge in [0.25, 0.3) is 0 Å². The van der Waals surface area contributed by atoms with Crippen molar-refractivity contribution >= 4 is 6.29 Å². The topological polar surface area (TPSA) is 17.1 Å². The molecule has 0 fully saturated rings. The van der Waals surface area contributed by atoms with E-state index in [1.807, 2.05) is 0 Å². The normalized spacial score (nSPS) is 34.2. The van der Waals surface area contributed by atoms with Gasteiger partial charge in [-0.25, -0.2) is 0 Å². The predicted molar refractivity (Wildman–Crippen MR) is 50.9 cm³/mol. The number of hydrogen-bond acceptors (Lipinski definition) is 1. The van der Waals surface area contributed by atoms with Crippen LogP contribution in [0.4, 0.5) is 0 Å². The summed E-state index contributed by atoms with van der Waals surface area (Å²) in [6.45, 7) is 8.49. The first-order chi connectivity index (χ1) is 5.41. The number of rotatable bonds is 1. The second kappa shape index (κ2) is 2.72. The van der Waals surface area contributed by atoms with E-state index >= 15 is 0 Å². The lowest BCUT2D eigenvalue weighted by Crippen LogP contribution is -2.37. The van der Waals surface area contributed by atoms with Crippen molar-refractivity contribution in [3.8, 4) is 0 Å². The second-order valence-corrected chi connectivity index (χ2v) is 4.75. The van der Waals surface area contributed by atoms with Gasteiger partial charge in [-0.1, -0.05) is 32.4 Å². The Morgan fingerprint density at radius 1 is 1.42 bits per heavy atom. The van der Waals surface area contributed by atoms with E-state index in [1.165, 1.54) is 5.57 Å². The van der Waals surface area contributed by atoms with Crippen LogP contribution in [0.2, 0.25) is 0 Å². The van der Waals surface area contributed by atoms with Gasteiger partial charge in [0.1, 0.15) is 6.29 Å². The molecule has 1 atom stereocenters. The van der Waals surface area contributed by atoms with E-state index < -0.39 is 0 Å². The molecule has 0 amide bonds. The van der Waals surface area contributed by atoms with Gasteiger partial charge in [-0.3, -0.25) is 0 Å². The molecule has 1 aliphatic rings. The zero-order chi connectivity index (χ0) is 9.41. The number of hydrogen-bond donors (Lipinski definition) is 0. The maximum absolute atomic E-state index is 11.0. The maximum atomic E-state index is 11.0. The first-order valence-electron chi connectivity index (χ1n) is 4.56. The number of carbonyl (C=O) groups excluding carboxylic acids is 1. The van der Waals surface area contributed by atoms with Crippen LogP contribution < -0.4 is 0 Å². The summed E-state index contributed by atoms with van der Waals surface area (Å²) in [5.74, 6) is 0. The molecule has 0 heterocycles. The smallest absolute Gasteiger partial charge is 0.126 e. The largest absolute Gasteiger partial charge is 0.303 e. The molecule has 0 radical (unpaired) electrons. The van der Waals surface area contributed by atoms with Gasteiger partial charge < -0.3 is 4.79 Å². The van der Waals surface area contributed by atoms with E-state index in [1.54, 1.807) is 0 Å². The van der Waals surface area contributed by atoms with Crippen molar-refractivity contribution in [1.29, 1.82) is 0 Å². The van der Waals surface area contributed by atoms with Crippen LogP contribution in [0.15, 0.2) is 11.6 Å². The monoisotopic (exact) mass is 166 g/mol. The average Bonchev–Trinajstić information content (AvgIpc) is 1.97. The van der Waals surface area contributed by atoms with E-state index in [-0.39, 0.29) is 10.8 Å². The molecule has 0 bridgehead atoms. The van der Waals surface area contributed by atoms with E-state index in [0.717, 1.165) is 19.1 Å². The van der Waals surface area contributed by atoms with Crippen LogP contribution in [-0.2, 0) is 4.79 Å². The van der Waals surface area contributed by atoms with Crippen molar-refractivity contribution in [3.05, 3.63) is 11.6 Å². The second-order valence-electron chi connectivity index (χ2n) is 4.75. The fourth-order valence-electron chi connectivity index (χ4n) is 1.84. The first-order valence-corrected chi connectivity index (χ1v) is 4.56. The predicted octanol–water partition coefficient (Wildman–Crippen LogP) is 2.96. The average molecular weight is 166 g/mol. The van der Waals surface area contributed by atoms with Crippen LogP contribution in [0.25, 0.3) is 0 Å². The highest BCUT2D eigenvalue weighted by Crippen LogP contribution is 2.46. The van der Waals surface area contributed by atoms with E-state index in [9.17, 15) is 4.79 Å². The molecule has 1 rings (SSSR count). The van der Waals surface area contributed by atoms with Gasteiger partial charge in [-0.2, -0.15) is 0 Å². The molecule has 1 nitrogen and oxygen atoms in total. The van der Waals surface area contributed by atoms with Gasteiger partial charge in [-0.15, -0.1) is 0 Å². The van der Waals surface area contributed by atoms with E-state index in [0.29, 0.717) is 0 Å². The van der Waals surface area contributed by atoms with Gasteiger partial charge in [0.15, 0.2) is 0 Å². The van der Waals surface area contributed by atoms with Crippen molar-refractivity contribution in [2.45, 2.75) is 40.5 Å². The molecule has 1 aliphatic carbocycles. The summed E-state index contributed by atoms with van der Waals surface area (Å²) < 4.78 is 0. The highest BCUT2D eigenvalue weighted by Gasteiger charge is 2.41. The molecular formula is C11H18O. The summed E-state index contributed by atoms with van der Waals surface area (Å²) in [5.41, 5.74) is 1.28. The molecule has 0 aliphatic heterocycles. The highest BCUT2D eigenvalue weighted by atomic mass is 16.1. The third-order valence-electron chi connectivity index (χ3n) is 3.38. The maximum Gasteiger partial charge on any atom is 0.126 e. The summed E-state index contributed by atoms with van der Waals surface area (Å²) in [5, 5.41) is 0. The van der Waals surface area contributed by atoms with Crippen LogP contribution in [0.3, 0.4) is 0 Å². The molecule has 12 heavy (non-hydrogen) atoms. The Labute approximate surface area is 74.9 Å². The minimum atomic E-state index is -0.160. The summed E-state index contributed by atoms with van der Waals surface area (Å²) in [4.78, 5) is 11.0. The van der Waals surface area contributed by atoms with Crippen molar-refractivity contribution in [1.82, 2.24) is 0 Å². The van der Waals surface area contributed by atoms with Gasteiger partial charge in [0.05, 0.1) is 0 Å². The third kappa shape index (κ3) is 1.33. The van der Waals surface area contributed by atoms with Crippen molar-refractivity contribution in [2.75, 3.05) is 0 Å². The number of carbonyl (C=O) groups is 1. The SMILES string of the molecule is CC1=CC(C)(C)C(C)(C=O)CC1. The summed E-state index contributed by atoms with van der Waals surface area (Å²) >= 11 is 0. The first kappa shape index (κ1) is 9.50. The Balaban J connectivity index is 3.04. The Bertz CT molecular complexity index is 225. The minimum absolute atomic E-state index is 0.0249. The Morgan fingerprint density at radius 3 is 2.42 bits per heavy atom. The van der Waals surface area contributed by atoms with Gasteiger partial charge >= 0.3 is 0 Å². The molecular weight excluding hydrogens is 148 g/mol. The molecule has 1 heteroatoms. The minimum Gasteiger partial charge on any atom is -0.303 e. The van der Waals surface area contributed by atoms with Crippen LogP contribution >= 0.6 is 0 Å². The number of allylic oxidation sites excluding steroid dienone is 2. The van der Waals surface area contributed by atoms with E-state index in [4.69, 9.17) is 0 Å². The quantitative estimate of drug-likeness (QED) is 0.432. The molecule has 0 aromatic heterocycles. The molecule has 0 N–H and O–H groups in total. The molecule has 0 spiro atoms. The van der Waals surface area contributed by atoms with Crippen LogP contribution in [0.5, 0.6) is 0 Å². The fraction of sp³-hybridized carbons (Fsp3) is 0.727. The number of aldehydes is 1. The molecule has 0 aromatic carbocycles. The summed E-state index contributed by atoms with van der Waals surface area (Å²) in [6, 6.07) is 0. The summed E-state index contributed by atoms with van der Waals surface area (Å²) in [7, 11) is 0. The zero-order valence-corrected chi connectivity index (χ0v) is 8.48. The van der Waals surface area contributed by atoms with E-state index in [2.05, 4.69) is 33.8 Å². The lowest BCUT2D eigenvalue weighted by atomic mass is 9.61. The van der Waals surface area contributed by atoms with Crippen molar-refractivity contribution in [3.63, 3.8) is 0 Å². The van der Waals surface area contributed by atoms with Gasteiger partial charge in [-0.05, 0) is 25.2 Å². The molecule has 0 aromatic rings. The lowest BCUT2D eigenvalue weighted by Gasteiger charge is -2.42. The Hall–Kier alpha value is -0.590. The Morgan fingerprint density at radius 2 is 2.00 bits per heavy atom. The van der Waals surface area contributed by atoms with Crippen LogP contribution in [0.1, 0.15) is 40.5 Å². The van der Waals surface area contributed by atoms with Gasteiger partial charge in [0, 0.05) is 5.41 Å². The molecule has 68 valence electrons. The standard InChI is InChI=1S/C11H18O/c1-9-5-6-11(4,8-12)10(2,3)7-9/h7-8H,5-6H2,1-4H3. The van der Waals surface area contributed by atoms with Crippen molar-refractivity contribution in [2.24, 2.45) is 10.8 Å². The van der Waals surface area contributed by atoms with Gasteiger partial charge in [0.2, 0.25) is 0 Å². The fourth-order valence-corrected chi connectivity index (χ4v) is 1.84. The zero-order valence-electron chi connectivity index (χ0n) is 8.48. The van der Waals surface area contributed by atoms with Crippen molar-refractivity contribution < 1.29 is 4.79 Å². The summed E-state index contributed by atoms with van der Waals surface area (Å²) in [6.07, 6.45) is 5.42. The van der Waals surface area contributed by atoms with Crippen LogP contribution in [-0.4, -0.2) is 6.29 Å². The highest BCUT2D eigenvalue weighted by molar-refractivity contribution is 5.61. The molecule has 0 saturated heterocycles. The molecule has 0 saturated carbocycles. The Kier molecular flexibility index (Phi) is 2.15.